The second-order valence-corrected chi connectivity index (χ2v) is 11.4. The quantitative estimate of drug-likeness (QED) is 0.410. The molecule has 4 aromatic rings. The SMILES string of the molecule is Cc1c(S(=O)(=O)Nc2ccc3nccc(N4CCNCC4)c3c2)sc2ccc(Br)cc12. The van der Waals surface area contributed by atoms with E-state index in [4.69, 9.17) is 0 Å². The van der Waals surface area contributed by atoms with Gasteiger partial charge in [0.25, 0.3) is 10.0 Å². The van der Waals surface area contributed by atoms with Gasteiger partial charge in [0.1, 0.15) is 4.21 Å². The van der Waals surface area contributed by atoms with Crippen molar-refractivity contribution in [3.63, 3.8) is 0 Å². The Kier molecular flexibility index (Phi) is 5.37. The third kappa shape index (κ3) is 3.91. The van der Waals surface area contributed by atoms with Gasteiger partial charge in [0, 0.05) is 58.3 Å². The van der Waals surface area contributed by atoms with Crippen LogP contribution in [0.1, 0.15) is 5.56 Å². The van der Waals surface area contributed by atoms with Crippen LogP contribution < -0.4 is 14.9 Å². The molecule has 0 amide bonds. The van der Waals surface area contributed by atoms with Crippen LogP contribution in [0.15, 0.2) is 57.3 Å². The topological polar surface area (TPSA) is 74.3 Å². The first-order valence-electron chi connectivity index (χ1n) is 9.98. The first-order chi connectivity index (χ1) is 14.9. The zero-order valence-electron chi connectivity index (χ0n) is 16.9. The number of fused-ring (bicyclic) bond motifs is 2. The first-order valence-corrected chi connectivity index (χ1v) is 13.1. The Hall–Kier alpha value is -2.20. The van der Waals surface area contributed by atoms with Gasteiger partial charge in [0.05, 0.1) is 5.52 Å². The highest BCUT2D eigenvalue weighted by molar-refractivity contribution is 9.10. The predicted octanol–water partition coefficient (Wildman–Crippen LogP) is 4.73. The van der Waals surface area contributed by atoms with Crippen molar-refractivity contribution in [1.29, 1.82) is 0 Å². The lowest BCUT2D eigenvalue weighted by Crippen LogP contribution is -2.43. The lowest BCUT2D eigenvalue weighted by atomic mass is 10.1. The number of sulfonamides is 1. The van der Waals surface area contributed by atoms with Gasteiger partial charge in [-0.15, -0.1) is 11.3 Å². The summed E-state index contributed by atoms with van der Waals surface area (Å²) in [5, 5.41) is 5.26. The van der Waals surface area contributed by atoms with Gasteiger partial charge in [-0.05, 0) is 60.3 Å². The van der Waals surface area contributed by atoms with E-state index in [9.17, 15) is 8.42 Å². The van der Waals surface area contributed by atoms with Crippen LogP contribution in [0.3, 0.4) is 0 Å². The summed E-state index contributed by atoms with van der Waals surface area (Å²) in [6.07, 6.45) is 1.81. The fraction of sp³-hybridized carbons (Fsp3) is 0.227. The number of pyridine rings is 1. The number of benzene rings is 2. The molecule has 1 saturated heterocycles. The van der Waals surface area contributed by atoms with E-state index in [0.29, 0.717) is 9.90 Å². The van der Waals surface area contributed by atoms with Gasteiger partial charge in [-0.25, -0.2) is 8.42 Å². The van der Waals surface area contributed by atoms with Crippen molar-refractivity contribution in [2.24, 2.45) is 0 Å². The molecule has 5 rings (SSSR count). The molecule has 0 aliphatic carbocycles. The average Bonchev–Trinajstić information content (AvgIpc) is 3.10. The molecule has 0 spiro atoms. The number of thiophene rings is 1. The molecule has 0 bridgehead atoms. The molecule has 0 unspecified atom stereocenters. The van der Waals surface area contributed by atoms with Crippen molar-refractivity contribution < 1.29 is 8.42 Å². The average molecular weight is 517 g/mol. The van der Waals surface area contributed by atoms with Gasteiger partial charge in [-0.2, -0.15) is 0 Å². The smallest absolute Gasteiger partial charge is 0.271 e. The number of nitrogens with zero attached hydrogens (tertiary/aromatic N) is 2. The van der Waals surface area contributed by atoms with Crippen molar-refractivity contribution in [2.45, 2.75) is 11.1 Å². The molecule has 9 heteroatoms. The minimum atomic E-state index is -3.72. The summed E-state index contributed by atoms with van der Waals surface area (Å²) in [7, 11) is -3.72. The number of anilines is 2. The Morgan fingerprint density at radius 1 is 1.10 bits per heavy atom. The van der Waals surface area contributed by atoms with Gasteiger partial charge in [0.2, 0.25) is 0 Å². The Morgan fingerprint density at radius 3 is 2.71 bits per heavy atom. The van der Waals surface area contributed by atoms with E-state index >= 15 is 0 Å². The maximum atomic E-state index is 13.3. The summed E-state index contributed by atoms with van der Waals surface area (Å²) >= 11 is 4.76. The highest BCUT2D eigenvalue weighted by Crippen LogP contribution is 2.37. The van der Waals surface area contributed by atoms with Gasteiger partial charge < -0.3 is 10.2 Å². The van der Waals surface area contributed by atoms with E-state index in [-0.39, 0.29) is 0 Å². The molecule has 2 aromatic heterocycles. The largest absolute Gasteiger partial charge is 0.368 e. The first kappa shape index (κ1) is 20.7. The molecular weight excluding hydrogens is 496 g/mol. The zero-order chi connectivity index (χ0) is 21.6. The molecule has 1 fully saturated rings. The predicted molar refractivity (Wildman–Crippen MR) is 132 cm³/mol. The second-order valence-electron chi connectivity index (χ2n) is 7.56. The molecule has 1 aliphatic rings. The summed E-state index contributed by atoms with van der Waals surface area (Å²) in [6.45, 7) is 5.53. The fourth-order valence-electron chi connectivity index (χ4n) is 4.01. The summed E-state index contributed by atoms with van der Waals surface area (Å²) in [5.74, 6) is 0. The van der Waals surface area contributed by atoms with Crippen LogP contribution in [-0.4, -0.2) is 39.6 Å². The lowest BCUT2D eigenvalue weighted by Gasteiger charge is -2.30. The molecule has 0 atom stereocenters. The second kappa shape index (κ2) is 8.05. The fourth-order valence-corrected chi connectivity index (χ4v) is 7.16. The van der Waals surface area contributed by atoms with Crippen molar-refractivity contribution in [2.75, 3.05) is 35.8 Å². The number of hydrogen-bond acceptors (Lipinski definition) is 6. The zero-order valence-corrected chi connectivity index (χ0v) is 20.1. The molecule has 31 heavy (non-hydrogen) atoms. The van der Waals surface area contributed by atoms with Crippen LogP contribution in [0.5, 0.6) is 0 Å². The summed E-state index contributed by atoms with van der Waals surface area (Å²) in [4.78, 5) is 6.77. The normalized spacial score (nSPS) is 15.0. The van der Waals surface area contributed by atoms with Gasteiger partial charge in [-0.3, -0.25) is 9.71 Å². The Labute approximate surface area is 193 Å². The van der Waals surface area contributed by atoms with E-state index < -0.39 is 10.0 Å². The van der Waals surface area contributed by atoms with Crippen LogP contribution in [0.4, 0.5) is 11.4 Å². The minimum Gasteiger partial charge on any atom is -0.368 e. The standard InChI is InChI=1S/C22H21BrN4O2S2/c1-14-17-12-15(23)2-5-21(17)30-22(14)31(28,29)26-16-3-4-19-18(13-16)20(6-7-25-19)27-10-8-24-9-11-27/h2-7,12-13,24,26H,8-11H2,1H3. The number of nitrogens with one attached hydrogen (secondary N) is 2. The number of hydrogen-bond donors (Lipinski definition) is 2. The van der Waals surface area contributed by atoms with Crippen molar-refractivity contribution in [1.82, 2.24) is 10.3 Å². The Bertz CT molecular complexity index is 1400. The van der Waals surface area contributed by atoms with Gasteiger partial charge in [0.15, 0.2) is 0 Å². The highest BCUT2D eigenvalue weighted by Gasteiger charge is 2.22. The molecule has 1 aliphatic heterocycles. The number of aryl methyl sites for hydroxylation is 1. The number of aromatic nitrogens is 1. The van der Waals surface area contributed by atoms with E-state index in [1.807, 2.05) is 49.5 Å². The van der Waals surface area contributed by atoms with E-state index in [0.717, 1.165) is 62.9 Å². The van der Waals surface area contributed by atoms with Crippen LogP contribution in [0.25, 0.3) is 21.0 Å². The summed E-state index contributed by atoms with van der Waals surface area (Å²) in [6, 6.07) is 13.4. The van der Waals surface area contributed by atoms with Crippen molar-refractivity contribution >= 4 is 69.7 Å². The number of rotatable bonds is 4. The molecule has 160 valence electrons. The Balaban J connectivity index is 1.53. The Morgan fingerprint density at radius 2 is 1.90 bits per heavy atom. The van der Waals surface area contributed by atoms with Gasteiger partial charge >= 0.3 is 0 Å². The van der Waals surface area contributed by atoms with Crippen molar-refractivity contribution in [3.05, 3.63) is 58.7 Å². The minimum absolute atomic E-state index is 0.342. The molecule has 3 heterocycles. The molecule has 2 aromatic carbocycles. The summed E-state index contributed by atoms with van der Waals surface area (Å²) < 4.78 is 31.5. The molecular formula is C22H21BrN4O2S2. The highest BCUT2D eigenvalue weighted by atomic mass is 79.9. The number of halogens is 1. The van der Waals surface area contributed by atoms with E-state index in [1.54, 1.807) is 6.07 Å². The maximum Gasteiger partial charge on any atom is 0.271 e. The third-order valence-corrected chi connectivity index (χ3v) is 9.29. The molecule has 2 N–H and O–H groups in total. The van der Waals surface area contributed by atoms with E-state index in [1.165, 1.54) is 11.3 Å². The molecule has 0 saturated carbocycles. The lowest BCUT2D eigenvalue weighted by molar-refractivity contribution is 0.590. The van der Waals surface area contributed by atoms with Crippen LogP contribution >= 0.6 is 27.3 Å². The monoisotopic (exact) mass is 516 g/mol. The van der Waals surface area contributed by atoms with Crippen molar-refractivity contribution in [3.8, 4) is 0 Å². The molecule has 0 radical (unpaired) electrons. The van der Waals surface area contributed by atoms with Gasteiger partial charge in [-0.1, -0.05) is 15.9 Å². The van der Waals surface area contributed by atoms with Crippen LogP contribution in [0, 0.1) is 6.92 Å². The summed E-state index contributed by atoms with van der Waals surface area (Å²) in [5.41, 5.74) is 3.23. The molecule has 6 nitrogen and oxygen atoms in total. The van der Waals surface area contributed by atoms with Crippen LogP contribution in [-0.2, 0) is 10.0 Å². The number of piperazine rings is 1. The third-order valence-electron chi connectivity index (χ3n) is 5.53. The maximum absolute atomic E-state index is 13.3. The van der Waals surface area contributed by atoms with Crippen LogP contribution in [0.2, 0.25) is 0 Å². The van der Waals surface area contributed by atoms with E-state index in [2.05, 4.69) is 35.9 Å².